The molecule has 5 nitrogen and oxygen atoms in total. The molecule has 0 saturated heterocycles. The standard InChI is InChI=1S/C23H23Cl2N3O2S/c1-30-17-8-6-16(7-9-17)26-20(29)14-31-22-21(18-10-5-15(24)13-19(18)25)27-23(28-22)11-3-2-4-12-23/h5-10,13H,2-4,11-12,14H2,1H3,(H,26,29). The minimum atomic E-state index is -0.425. The molecule has 0 unspecified atom stereocenters. The summed E-state index contributed by atoms with van der Waals surface area (Å²) in [6.45, 7) is 0. The maximum atomic E-state index is 12.5. The summed E-state index contributed by atoms with van der Waals surface area (Å²) in [5.74, 6) is 0.862. The lowest BCUT2D eigenvalue weighted by Gasteiger charge is -2.27. The normalized spacial score (nSPS) is 17.3. The lowest BCUT2D eigenvalue weighted by atomic mass is 9.90. The van der Waals surface area contributed by atoms with E-state index in [0.29, 0.717) is 10.0 Å². The first-order valence-corrected chi connectivity index (χ1v) is 11.9. The first kappa shape index (κ1) is 22.2. The molecule has 8 heteroatoms. The number of carbonyl (C=O) groups is 1. The maximum absolute atomic E-state index is 12.5. The lowest BCUT2D eigenvalue weighted by molar-refractivity contribution is -0.113. The largest absolute Gasteiger partial charge is 0.497 e. The van der Waals surface area contributed by atoms with E-state index in [2.05, 4.69) is 5.32 Å². The first-order valence-electron chi connectivity index (χ1n) is 10.2. The molecular formula is C23H23Cl2N3O2S. The zero-order chi connectivity index (χ0) is 21.8. The zero-order valence-electron chi connectivity index (χ0n) is 17.2. The van der Waals surface area contributed by atoms with Crippen LogP contribution in [0.1, 0.15) is 37.7 Å². The monoisotopic (exact) mass is 475 g/mol. The van der Waals surface area contributed by atoms with Gasteiger partial charge < -0.3 is 10.1 Å². The van der Waals surface area contributed by atoms with Crippen LogP contribution in [0.25, 0.3) is 0 Å². The van der Waals surface area contributed by atoms with Crippen LogP contribution in [-0.4, -0.2) is 35.2 Å². The van der Waals surface area contributed by atoms with E-state index in [1.54, 1.807) is 19.2 Å². The lowest BCUT2D eigenvalue weighted by Crippen LogP contribution is -2.25. The van der Waals surface area contributed by atoms with Crippen molar-refractivity contribution < 1.29 is 9.53 Å². The van der Waals surface area contributed by atoms with Crippen molar-refractivity contribution in [3.05, 3.63) is 58.1 Å². The molecule has 1 N–H and O–H groups in total. The molecule has 2 aromatic rings. The van der Waals surface area contributed by atoms with Gasteiger partial charge in [0.25, 0.3) is 0 Å². The molecule has 0 aromatic heterocycles. The number of amides is 1. The van der Waals surface area contributed by atoms with E-state index >= 15 is 0 Å². The molecule has 2 aliphatic rings. The van der Waals surface area contributed by atoms with E-state index in [1.807, 2.05) is 30.3 Å². The number of halogens is 2. The van der Waals surface area contributed by atoms with Crippen LogP contribution in [0.5, 0.6) is 5.75 Å². The molecule has 4 rings (SSSR count). The number of thioether (sulfide) groups is 1. The smallest absolute Gasteiger partial charge is 0.234 e. The van der Waals surface area contributed by atoms with Crippen LogP contribution in [0.2, 0.25) is 10.0 Å². The second-order valence-electron chi connectivity index (χ2n) is 7.61. The number of nitrogens with one attached hydrogen (secondary N) is 1. The summed E-state index contributed by atoms with van der Waals surface area (Å²) in [6, 6.07) is 12.6. The Hall–Kier alpha value is -2.02. The van der Waals surface area contributed by atoms with Crippen molar-refractivity contribution in [1.82, 2.24) is 0 Å². The molecular weight excluding hydrogens is 453 g/mol. The number of carbonyl (C=O) groups excluding carboxylic acids is 1. The van der Waals surface area contributed by atoms with E-state index in [9.17, 15) is 4.79 Å². The minimum absolute atomic E-state index is 0.107. The van der Waals surface area contributed by atoms with Crippen molar-refractivity contribution >= 4 is 57.3 Å². The second kappa shape index (κ2) is 9.63. The van der Waals surface area contributed by atoms with Crippen LogP contribution in [0.3, 0.4) is 0 Å². The Bertz CT molecular complexity index is 1030. The predicted octanol–water partition coefficient (Wildman–Crippen LogP) is 6.24. The van der Waals surface area contributed by atoms with Crippen molar-refractivity contribution in [3.63, 3.8) is 0 Å². The van der Waals surface area contributed by atoms with Gasteiger partial charge >= 0.3 is 0 Å². The Morgan fingerprint density at radius 3 is 2.52 bits per heavy atom. The van der Waals surface area contributed by atoms with Gasteiger partial charge in [0.15, 0.2) is 5.66 Å². The summed E-state index contributed by atoms with van der Waals surface area (Å²) in [5, 5.41) is 4.78. The van der Waals surface area contributed by atoms with Crippen LogP contribution in [0, 0.1) is 0 Å². The third-order valence-electron chi connectivity index (χ3n) is 5.39. The van der Waals surface area contributed by atoms with Crippen LogP contribution in [-0.2, 0) is 4.79 Å². The number of rotatable bonds is 5. The van der Waals surface area contributed by atoms with E-state index < -0.39 is 5.66 Å². The molecule has 162 valence electrons. The van der Waals surface area contributed by atoms with Gasteiger partial charge in [0.1, 0.15) is 16.5 Å². The second-order valence-corrected chi connectivity index (χ2v) is 9.42. The van der Waals surface area contributed by atoms with E-state index in [0.717, 1.165) is 53.4 Å². The Kier molecular flexibility index (Phi) is 6.89. The molecule has 1 fully saturated rings. The van der Waals surface area contributed by atoms with Crippen molar-refractivity contribution in [2.24, 2.45) is 9.98 Å². The van der Waals surface area contributed by atoms with Gasteiger partial charge in [-0.3, -0.25) is 9.79 Å². The molecule has 2 aromatic carbocycles. The van der Waals surface area contributed by atoms with Crippen LogP contribution in [0.4, 0.5) is 5.69 Å². The van der Waals surface area contributed by atoms with Gasteiger partial charge in [-0.25, -0.2) is 4.99 Å². The molecule has 1 saturated carbocycles. The van der Waals surface area contributed by atoms with Gasteiger partial charge in [0, 0.05) is 16.3 Å². The Balaban J connectivity index is 1.50. The van der Waals surface area contributed by atoms with Gasteiger partial charge in [-0.1, -0.05) is 41.4 Å². The third-order valence-corrected chi connectivity index (χ3v) is 6.90. The zero-order valence-corrected chi connectivity index (χ0v) is 19.5. The highest BCUT2D eigenvalue weighted by molar-refractivity contribution is 8.16. The van der Waals surface area contributed by atoms with Gasteiger partial charge in [-0.15, -0.1) is 0 Å². The molecule has 1 spiro atoms. The number of anilines is 1. The number of benzene rings is 2. The fourth-order valence-corrected chi connectivity index (χ4v) is 5.19. The molecule has 1 aliphatic carbocycles. The third kappa shape index (κ3) is 5.25. The Morgan fingerprint density at radius 1 is 1.10 bits per heavy atom. The number of hydrogen-bond donors (Lipinski definition) is 1. The first-order chi connectivity index (χ1) is 15.0. The minimum Gasteiger partial charge on any atom is -0.497 e. The molecule has 0 radical (unpaired) electrons. The van der Waals surface area contributed by atoms with Gasteiger partial charge in [-0.05, 0) is 68.1 Å². The number of ether oxygens (including phenoxy) is 1. The molecule has 31 heavy (non-hydrogen) atoms. The molecule has 1 aliphatic heterocycles. The summed E-state index contributed by atoms with van der Waals surface area (Å²) in [6.07, 6.45) is 5.25. The number of aliphatic imine (C=N–C) groups is 2. The molecule has 0 bridgehead atoms. The van der Waals surface area contributed by atoms with Crippen LogP contribution >= 0.6 is 35.0 Å². The van der Waals surface area contributed by atoms with Gasteiger partial charge in [-0.2, -0.15) is 0 Å². The summed E-state index contributed by atoms with van der Waals surface area (Å²) in [5.41, 5.74) is 1.85. The number of methoxy groups -OCH3 is 1. The molecule has 1 heterocycles. The van der Waals surface area contributed by atoms with Gasteiger partial charge in [0.05, 0.1) is 17.9 Å². The topological polar surface area (TPSA) is 63.0 Å². The summed E-state index contributed by atoms with van der Waals surface area (Å²) in [7, 11) is 1.61. The number of nitrogens with zero attached hydrogens (tertiary/aromatic N) is 2. The summed E-state index contributed by atoms with van der Waals surface area (Å²) < 4.78 is 5.15. The average molecular weight is 476 g/mol. The Labute approximate surface area is 196 Å². The van der Waals surface area contributed by atoms with Crippen LogP contribution in [0.15, 0.2) is 52.4 Å². The Morgan fingerprint density at radius 2 is 1.84 bits per heavy atom. The summed E-state index contributed by atoms with van der Waals surface area (Å²) >= 11 is 14.0. The van der Waals surface area contributed by atoms with Crippen molar-refractivity contribution in [3.8, 4) is 5.75 Å². The van der Waals surface area contributed by atoms with E-state index in [-0.39, 0.29) is 11.7 Å². The van der Waals surface area contributed by atoms with E-state index in [4.69, 9.17) is 37.9 Å². The highest BCUT2D eigenvalue weighted by atomic mass is 35.5. The SMILES string of the molecule is COc1ccc(NC(=O)CSC2=NC3(CCCCC3)N=C2c2ccc(Cl)cc2Cl)cc1. The van der Waals surface area contributed by atoms with Crippen molar-refractivity contribution in [1.29, 1.82) is 0 Å². The highest BCUT2D eigenvalue weighted by Gasteiger charge is 2.38. The fourth-order valence-electron chi connectivity index (χ4n) is 3.83. The van der Waals surface area contributed by atoms with Crippen molar-refractivity contribution in [2.75, 3.05) is 18.2 Å². The van der Waals surface area contributed by atoms with Crippen molar-refractivity contribution in [2.45, 2.75) is 37.8 Å². The fraction of sp³-hybridized carbons (Fsp3) is 0.348. The quantitative estimate of drug-likeness (QED) is 0.556. The van der Waals surface area contributed by atoms with E-state index in [1.165, 1.54) is 18.2 Å². The average Bonchev–Trinajstić information content (AvgIpc) is 3.10. The molecule has 1 amide bonds. The van der Waals surface area contributed by atoms with Gasteiger partial charge in [0.2, 0.25) is 5.91 Å². The highest BCUT2D eigenvalue weighted by Crippen LogP contribution is 2.39. The van der Waals surface area contributed by atoms with Crippen LogP contribution < -0.4 is 10.1 Å². The summed E-state index contributed by atoms with van der Waals surface area (Å²) in [4.78, 5) is 22.6. The number of hydrogen-bond acceptors (Lipinski definition) is 5. The molecule has 0 atom stereocenters. The maximum Gasteiger partial charge on any atom is 0.234 e. The predicted molar refractivity (Wildman–Crippen MR) is 130 cm³/mol.